The number of hydrogen-bond donors (Lipinski definition) is 1. The van der Waals surface area contributed by atoms with Crippen molar-refractivity contribution in [1.29, 1.82) is 0 Å². The highest BCUT2D eigenvalue weighted by molar-refractivity contribution is 6.30. The number of para-hydroxylation sites is 1. The molecule has 3 aromatic carbocycles. The molecule has 0 saturated heterocycles. The monoisotopic (exact) mass is 323 g/mol. The zero-order valence-electron chi connectivity index (χ0n) is 12.2. The predicted molar refractivity (Wildman–Crippen MR) is 92.4 cm³/mol. The van der Waals surface area contributed by atoms with Gasteiger partial charge in [0.05, 0.1) is 0 Å². The van der Waals surface area contributed by atoms with Crippen molar-refractivity contribution < 1.29 is 9.53 Å². The van der Waals surface area contributed by atoms with Gasteiger partial charge in [-0.05, 0) is 48.5 Å². The molecule has 0 aliphatic heterocycles. The molecule has 0 heterocycles. The summed E-state index contributed by atoms with van der Waals surface area (Å²) in [4.78, 5) is 12.3. The lowest BCUT2D eigenvalue weighted by molar-refractivity contribution is 0.102. The van der Waals surface area contributed by atoms with E-state index in [2.05, 4.69) is 5.32 Å². The lowest BCUT2D eigenvalue weighted by Gasteiger charge is -2.08. The molecule has 0 radical (unpaired) electrons. The summed E-state index contributed by atoms with van der Waals surface area (Å²) in [5, 5.41) is 3.38. The first-order valence-electron chi connectivity index (χ1n) is 7.10. The molecule has 1 N–H and O–H groups in total. The second-order valence-electron chi connectivity index (χ2n) is 4.91. The van der Waals surface area contributed by atoms with Gasteiger partial charge in [-0.2, -0.15) is 0 Å². The molecule has 0 atom stereocenters. The number of amides is 1. The summed E-state index contributed by atoms with van der Waals surface area (Å²) in [5.41, 5.74) is 1.16. The number of anilines is 1. The third kappa shape index (κ3) is 4.11. The summed E-state index contributed by atoms with van der Waals surface area (Å²) in [6.45, 7) is 0. The molecule has 0 saturated carbocycles. The van der Waals surface area contributed by atoms with Gasteiger partial charge >= 0.3 is 0 Å². The first-order valence-corrected chi connectivity index (χ1v) is 7.48. The molecule has 3 aromatic rings. The minimum atomic E-state index is -0.217. The molecular formula is C19H14ClNO2. The molecule has 0 fully saturated rings. The molecule has 114 valence electrons. The first-order chi connectivity index (χ1) is 11.2. The molecule has 3 rings (SSSR count). The number of hydrogen-bond acceptors (Lipinski definition) is 2. The van der Waals surface area contributed by atoms with E-state index in [0.29, 0.717) is 22.0 Å². The average molecular weight is 324 g/mol. The maximum Gasteiger partial charge on any atom is 0.255 e. The largest absolute Gasteiger partial charge is 0.457 e. The van der Waals surface area contributed by atoms with Crippen molar-refractivity contribution in [2.45, 2.75) is 0 Å². The third-order valence-corrected chi connectivity index (χ3v) is 3.39. The van der Waals surface area contributed by atoms with E-state index in [1.165, 1.54) is 0 Å². The highest BCUT2D eigenvalue weighted by Gasteiger charge is 2.08. The quantitative estimate of drug-likeness (QED) is 0.699. The summed E-state index contributed by atoms with van der Waals surface area (Å²) >= 11 is 5.92. The van der Waals surface area contributed by atoms with Crippen LogP contribution in [0.1, 0.15) is 10.4 Å². The van der Waals surface area contributed by atoms with Crippen LogP contribution in [0.3, 0.4) is 0 Å². The Bertz CT molecular complexity index is 818. The molecule has 0 aromatic heterocycles. The maximum absolute atomic E-state index is 12.3. The minimum Gasteiger partial charge on any atom is -0.457 e. The average Bonchev–Trinajstić information content (AvgIpc) is 2.56. The summed E-state index contributed by atoms with van der Waals surface area (Å²) < 4.78 is 5.74. The Morgan fingerprint density at radius 1 is 0.826 bits per heavy atom. The number of rotatable bonds is 4. The summed E-state index contributed by atoms with van der Waals surface area (Å²) in [7, 11) is 0. The number of ether oxygens (including phenoxy) is 1. The Hall–Kier alpha value is -2.78. The first kappa shape index (κ1) is 15.1. The molecule has 4 heteroatoms. The van der Waals surface area contributed by atoms with Crippen molar-refractivity contribution in [3.8, 4) is 11.5 Å². The molecule has 0 aliphatic carbocycles. The Morgan fingerprint density at radius 2 is 1.57 bits per heavy atom. The fraction of sp³-hybridized carbons (Fsp3) is 0. The number of carbonyl (C=O) groups is 1. The van der Waals surface area contributed by atoms with Gasteiger partial charge in [-0.15, -0.1) is 0 Å². The van der Waals surface area contributed by atoms with Gasteiger partial charge in [0.25, 0.3) is 5.91 Å². The Balaban J connectivity index is 1.75. The van der Waals surface area contributed by atoms with E-state index in [-0.39, 0.29) is 5.91 Å². The van der Waals surface area contributed by atoms with Crippen molar-refractivity contribution in [1.82, 2.24) is 0 Å². The van der Waals surface area contributed by atoms with Crippen LogP contribution in [0.2, 0.25) is 5.02 Å². The van der Waals surface area contributed by atoms with Crippen LogP contribution in [0.5, 0.6) is 11.5 Å². The van der Waals surface area contributed by atoms with E-state index in [1.54, 1.807) is 42.5 Å². The van der Waals surface area contributed by atoms with Crippen LogP contribution in [-0.4, -0.2) is 5.91 Å². The Kier molecular flexibility index (Phi) is 4.60. The number of benzene rings is 3. The lowest BCUT2D eigenvalue weighted by atomic mass is 10.2. The number of nitrogens with one attached hydrogen (secondary N) is 1. The highest BCUT2D eigenvalue weighted by atomic mass is 35.5. The molecule has 1 amide bonds. The topological polar surface area (TPSA) is 38.3 Å². The highest BCUT2D eigenvalue weighted by Crippen LogP contribution is 2.22. The van der Waals surface area contributed by atoms with Gasteiger partial charge in [0.15, 0.2) is 0 Å². The molecule has 0 unspecified atom stereocenters. The smallest absolute Gasteiger partial charge is 0.255 e. The maximum atomic E-state index is 12.3. The third-order valence-electron chi connectivity index (χ3n) is 3.16. The fourth-order valence-electron chi connectivity index (χ4n) is 2.09. The minimum absolute atomic E-state index is 0.217. The van der Waals surface area contributed by atoms with Crippen LogP contribution >= 0.6 is 11.6 Å². The molecule has 23 heavy (non-hydrogen) atoms. The van der Waals surface area contributed by atoms with E-state index < -0.39 is 0 Å². The fourth-order valence-corrected chi connectivity index (χ4v) is 2.29. The molecule has 0 aliphatic rings. The molecule has 0 bridgehead atoms. The molecule has 3 nitrogen and oxygen atoms in total. The van der Waals surface area contributed by atoms with Gasteiger partial charge in [0.1, 0.15) is 11.5 Å². The standard InChI is InChI=1S/C19H14ClNO2/c20-15-7-5-8-16(13-15)21-19(22)14-6-4-11-18(12-14)23-17-9-2-1-3-10-17/h1-13H,(H,21,22). The number of carbonyl (C=O) groups excluding carboxylic acids is 1. The number of halogens is 1. The van der Waals surface area contributed by atoms with Crippen molar-refractivity contribution in [2.24, 2.45) is 0 Å². The summed E-state index contributed by atoms with van der Waals surface area (Å²) in [6, 6.07) is 23.5. The second-order valence-corrected chi connectivity index (χ2v) is 5.34. The molecular weight excluding hydrogens is 310 g/mol. The Labute approximate surface area is 139 Å². The zero-order valence-corrected chi connectivity index (χ0v) is 13.0. The van der Waals surface area contributed by atoms with Gasteiger partial charge in [-0.3, -0.25) is 4.79 Å². The lowest BCUT2D eigenvalue weighted by Crippen LogP contribution is -2.11. The van der Waals surface area contributed by atoms with E-state index in [1.807, 2.05) is 36.4 Å². The second kappa shape index (κ2) is 6.99. The van der Waals surface area contributed by atoms with Gasteiger partial charge in [0.2, 0.25) is 0 Å². The van der Waals surface area contributed by atoms with Crippen LogP contribution in [0.25, 0.3) is 0 Å². The van der Waals surface area contributed by atoms with Gasteiger partial charge in [-0.25, -0.2) is 0 Å². The van der Waals surface area contributed by atoms with Crippen molar-refractivity contribution in [2.75, 3.05) is 5.32 Å². The van der Waals surface area contributed by atoms with Crippen LogP contribution < -0.4 is 10.1 Å². The summed E-state index contributed by atoms with van der Waals surface area (Å²) in [6.07, 6.45) is 0. The normalized spacial score (nSPS) is 10.1. The van der Waals surface area contributed by atoms with Crippen LogP contribution in [-0.2, 0) is 0 Å². The SMILES string of the molecule is O=C(Nc1cccc(Cl)c1)c1cccc(Oc2ccccc2)c1. The predicted octanol–water partition coefficient (Wildman–Crippen LogP) is 5.38. The van der Waals surface area contributed by atoms with Crippen LogP contribution in [0.4, 0.5) is 5.69 Å². The van der Waals surface area contributed by atoms with Crippen molar-refractivity contribution in [3.63, 3.8) is 0 Å². The van der Waals surface area contributed by atoms with Gasteiger partial charge in [0, 0.05) is 16.3 Å². The van der Waals surface area contributed by atoms with Gasteiger partial charge < -0.3 is 10.1 Å². The van der Waals surface area contributed by atoms with Crippen LogP contribution in [0, 0.1) is 0 Å². The van der Waals surface area contributed by atoms with Crippen LogP contribution in [0.15, 0.2) is 78.9 Å². The zero-order chi connectivity index (χ0) is 16.1. The van der Waals surface area contributed by atoms with E-state index in [0.717, 1.165) is 5.75 Å². The molecule has 0 spiro atoms. The van der Waals surface area contributed by atoms with Crippen molar-refractivity contribution >= 4 is 23.2 Å². The van der Waals surface area contributed by atoms with E-state index >= 15 is 0 Å². The Morgan fingerprint density at radius 3 is 2.35 bits per heavy atom. The van der Waals surface area contributed by atoms with E-state index in [9.17, 15) is 4.79 Å². The summed E-state index contributed by atoms with van der Waals surface area (Å²) in [5.74, 6) is 1.11. The van der Waals surface area contributed by atoms with Crippen molar-refractivity contribution in [3.05, 3.63) is 89.4 Å². The van der Waals surface area contributed by atoms with Gasteiger partial charge in [-0.1, -0.05) is 41.9 Å². The van der Waals surface area contributed by atoms with E-state index in [4.69, 9.17) is 16.3 Å².